The lowest BCUT2D eigenvalue weighted by Crippen LogP contribution is -2.32. The number of hydrogen-bond acceptors (Lipinski definition) is 4. The van der Waals surface area contributed by atoms with E-state index in [2.05, 4.69) is 10.3 Å². The normalized spacial score (nSPS) is 22.3. The van der Waals surface area contributed by atoms with Crippen molar-refractivity contribution in [3.63, 3.8) is 0 Å². The van der Waals surface area contributed by atoms with Gasteiger partial charge in [0.2, 0.25) is 0 Å². The molecule has 0 unspecified atom stereocenters. The zero-order chi connectivity index (χ0) is 16.0. The zero-order valence-electron chi connectivity index (χ0n) is 12.7. The smallest absolute Gasteiger partial charge is 0.273 e. The van der Waals surface area contributed by atoms with Gasteiger partial charge in [0.1, 0.15) is 10.7 Å². The van der Waals surface area contributed by atoms with E-state index in [0.29, 0.717) is 27.6 Å². The number of benzene rings is 1. The van der Waals surface area contributed by atoms with Crippen LogP contribution in [0.1, 0.15) is 10.5 Å². The van der Waals surface area contributed by atoms with Crippen LogP contribution in [-0.4, -0.2) is 42.0 Å². The van der Waals surface area contributed by atoms with Crippen LogP contribution >= 0.6 is 46.9 Å². The number of amides is 1. The predicted octanol–water partition coefficient (Wildman–Crippen LogP) is 3.83. The Morgan fingerprint density at radius 3 is 2.58 bits per heavy atom. The molecule has 0 saturated carbocycles. The van der Waals surface area contributed by atoms with E-state index < -0.39 is 0 Å². The highest BCUT2D eigenvalue weighted by molar-refractivity contribution is 7.13. The third-order valence-electron chi connectivity index (χ3n) is 4.57. The lowest BCUT2D eigenvalue weighted by atomic mass is 10.0. The first-order chi connectivity index (χ1) is 11.1. The Morgan fingerprint density at radius 1 is 1.21 bits per heavy atom. The van der Waals surface area contributed by atoms with Crippen molar-refractivity contribution in [2.75, 3.05) is 26.2 Å². The summed E-state index contributed by atoms with van der Waals surface area (Å²) in [5.74, 6) is 1.21. The molecular weight excluding hydrogens is 389 g/mol. The molecule has 1 amide bonds. The van der Waals surface area contributed by atoms with Crippen molar-refractivity contribution in [1.29, 1.82) is 0 Å². The van der Waals surface area contributed by atoms with Gasteiger partial charge in [-0.15, -0.1) is 23.7 Å². The first-order valence-electron chi connectivity index (χ1n) is 7.53. The standard InChI is InChI=1S/C16H15Cl2N3OS.ClH/c17-12-2-1-9(3-13(12)18)15-20-14(8-23-15)16(22)21-6-10-4-19-5-11(10)7-21;/h1-3,8,10-11,19H,4-7H2;1H/t10-,11+;. The second kappa shape index (κ2) is 7.18. The summed E-state index contributed by atoms with van der Waals surface area (Å²) < 4.78 is 0. The van der Waals surface area contributed by atoms with Crippen LogP contribution in [0.2, 0.25) is 10.0 Å². The number of thiazole rings is 1. The van der Waals surface area contributed by atoms with Crippen molar-refractivity contribution in [3.8, 4) is 10.6 Å². The fourth-order valence-corrected chi connectivity index (χ4v) is 4.41. The maximum absolute atomic E-state index is 12.6. The maximum atomic E-state index is 12.6. The molecule has 0 spiro atoms. The van der Waals surface area contributed by atoms with Crippen LogP contribution in [-0.2, 0) is 0 Å². The summed E-state index contributed by atoms with van der Waals surface area (Å²) in [5.41, 5.74) is 1.40. The Kier molecular flexibility index (Phi) is 5.37. The topological polar surface area (TPSA) is 45.2 Å². The van der Waals surface area contributed by atoms with Crippen molar-refractivity contribution in [2.45, 2.75) is 0 Å². The molecule has 2 atom stereocenters. The number of likely N-dealkylation sites (tertiary alicyclic amines) is 1. The fourth-order valence-electron chi connectivity index (χ4n) is 3.32. The molecule has 3 heterocycles. The lowest BCUT2D eigenvalue weighted by molar-refractivity contribution is 0.0777. The maximum Gasteiger partial charge on any atom is 0.273 e. The van der Waals surface area contributed by atoms with E-state index in [0.717, 1.165) is 36.8 Å². The molecule has 0 radical (unpaired) electrons. The van der Waals surface area contributed by atoms with Crippen molar-refractivity contribution in [3.05, 3.63) is 39.3 Å². The predicted molar refractivity (Wildman–Crippen MR) is 101 cm³/mol. The van der Waals surface area contributed by atoms with E-state index in [-0.39, 0.29) is 18.3 Å². The van der Waals surface area contributed by atoms with Gasteiger partial charge in [-0.2, -0.15) is 0 Å². The van der Waals surface area contributed by atoms with Crippen molar-refractivity contribution >= 4 is 52.9 Å². The number of hydrogen-bond donors (Lipinski definition) is 1. The fraction of sp³-hybridized carbons (Fsp3) is 0.375. The second-order valence-electron chi connectivity index (χ2n) is 6.06. The van der Waals surface area contributed by atoms with E-state index >= 15 is 0 Å². The summed E-state index contributed by atoms with van der Waals surface area (Å²) in [5, 5.41) is 7.00. The highest BCUT2D eigenvalue weighted by atomic mass is 35.5. The van der Waals surface area contributed by atoms with Crippen LogP contribution in [0.4, 0.5) is 0 Å². The highest BCUT2D eigenvalue weighted by Crippen LogP contribution is 2.32. The van der Waals surface area contributed by atoms with E-state index in [1.165, 1.54) is 11.3 Å². The summed E-state index contributed by atoms with van der Waals surface area (Å²) >= 11 is 13.4. The molecule has 1 N–H and O–H groups in total. The average molecular weight is 405 g/mol. The Hall–Kier alpha value is -0.850. The van der Waals surface area contributed by atoms with Gasteiger partial charge in [0.25, 0.3) is 5.91 Å². The molecular formula is C16H16Cl3N3OS. The zero-order valence-corrected chi connectivity index (χ0v) is 15.8. The number of carbonyl (C=O) groups excluding carboxylic acids is 1. The SMILES string of the molecule is Cl.O=C(c1csc(-c2ccc(Cl)c(Cl)c2)n1)N1C[C@H]2CNC[C@H]2C1. The van der Waals surface area contributed by atoms with Crippen molar-refractivity contribution < 1.29 is 4.79 Å². The summed E-state index contributed by atoms with van der Waals surface area (Å²) in [6.45, 7) is 3.69. The molecule has 2 saturated heterocycles. The molecule has 2 fully saturated rings. The Balaban J connectivity index is 0.00000169. The Morgan fingerprint density at radius 2 is 1.92 bits per heavy atom. The minimum absolute atomic E-state index is 0. The van der Waals surface area contributed by atoms with Gasteiger partial charge in [0.15, 0.2) is 0 Å². The quantitative estimate of drug-likeness (QED) is 0.827. The first kappa shape index (κ1) is 18.0. The summed E-state index contributed by atoms with van der Waals surface area (Å²) in [4.78, 5) is 19.1. The van der Waals surface area contributed by atoms with Crippen LogP contribution in [0.3, 0.4) is 0 Å². The molecule has 8 heteroatoms. The third-order valence-corrected chi connectivity index (χ3v) is 6.20. The second-order valence-corrected chi connectivity index (χ2v) is 7.73. The minimum Gasteiger partial charge on any atom is -0.337 e. The van der Waals surface area contributed by atoms with Gasteiger partial charge in [0, 0.05) is 37.1 Å². The van der Waals surface area contributed by atoms with Gasteiger partial charge in [0.05, 0.1) is 10.0 Å². The van der Waals surface area contributed by atoms with Gasteiger partial charge < -0.3 is 10.2 Å². The van der Waals surface area contributed by atoms with Gasteiger partial charge in [-0.3, -0.25) is 4.79 Å². The molecule has 4 nitrogen and oxygen atoms in total. The summed E-state index contributed by atoms with van der Waals surface area (Å²) in [6, 6.07) is 5.40. The van der Waals surface area contributed by atoms with Gasteiger partial charge >= 0.3 is 0 Å². The molecule has 2 aliphatic heterocycles. The van der Waals surface area contributed by atoms with Crippen LogP contribution in [0.5, 0.6) is 0 Å². The minimum atomic E-state index is 0. The monoisotopic (exact) mass is 403 g/mol. The highest BCUT2D eigenvalue weighted by Gasteiger charge is 2.38. The number of aromatic nitrogens is 1. The molecule has 1 aromatic carbocycles. The molecule has 0 aliphatic carbocycles. The molecule has 2 aliphatic rings. The largest absolute Gasteiger partial charge is 0.337 e. The molecule has 2 aromatic rings. The van der Waals surface area contributed by atoms with E-state index in [9.17, 15) is 4.79 Å². The van der Waals surface area contributed by atoms with Crippen molar-refractivity contribution in [1.82, 2.24) is 15.2 Å². The van der Waals surface area contributed by atoms with Crippen LogP contribution in [0.15, 0.2) is 23.6 Å². The molecule has 0 bridgehead atoms. The number of rotatable bonds is 2. The summed E-state index contributed by atoms with van der Waals surface area (Å²) in [7, 11) is 0. The number of nitrogens with one attached hydrogen (secondary N) is 1. The van der Waals surface area contributed by atoms with Gasteiger partial charge in [-0.05, 0) is 24.0 Å². The first-order valence-corrected chi connectivity index (χ1v) is 9.16. The van der Waals surface area contributed by atoms with Crippen LogP contribution < -0.4 is 5.32 Å². The average Bonchev–Trinajstić information content (AvgIpc) is 3.24. The van der Waals surface area contributed by atoms with E-state index in [1.54, 1.807) is 12.1 Å². The molecule has 128 valence electrons. The van der Waals surface area contributed by atoms with Crippen LogP contribution in [0, 0.1) is 11.8 Å². The number of fused-ring (bicyclic) bond motifs is 1. The third kappa shape index (κ3) is 3.28. The molecule has 24 heavy (non-hydrogen) atoms. The number of halogens is 3. The van der Waals surface area contributed by atoms with Gasteiger partial charge in [-0.25, -0.2) is 4.98 Å². The van der Waals surface area contributed by atoms with Crippen LogP contribution in [0.25, 0.3) is 10.6 Å². The van der Waals surface area contributed by atoms with Gasteiger partial charge in [-0.1, -0.05) is 29.3 Å². The van der Waals surface area contributed by atoms with E-state index in [1.807, 2.05) is 16.3 Å². The van der Waals surface area contributed by atoms with Crippen molar-refractivity contribution in [2.24, 2.45) is 11.8 Å². The molecule has 1 aromatic heterocycles. The number of carbonyl (C=O) groups is 1. The number of nitrogens with zero attached hydrogens (tertiary/aromatic N) is 2. The lowest BCUT2D eigenvalue weighted by Gasteiger charge is -2.15. The summed E-state index contributed by atoms with van der Waals surface area (Å²) in [6.07, 6.45) is 0. The van der Waals surface area contributed by atoms with E-state index in [4.69, 9.17) is 23.2 Å². The molecule has 4 rings (SSSR count). The Bertz CT molecular complexity index is 755. The Labute approximate surface area is 160 Å².